The molecule has 1 aliphatic carbocycles. The van der Waals surface area contributed by atoms with Crippen molar-refractivity contribution in [3.8, 4) is 0 Å². The molecule has 1 fully saturated rings. The fraction of sp³-hybridized carbons (Fsp3) is 0.800. The maximum absolute atomic E-state index is 4.62. The van der Waals surface area contributed by atoms with Gasteiger partial charge in [0.15, 0.2) is 5.13 Å². The molecule has 0 bridgehead atoms. The lowest BCUT2D eigenvalue weighted by molar-refractivity contribution is 0.426. The molecule has 0 spiro atoms. The van der Waals surface area contributed by atoms with Crippen LogP contribution in [0.4, 0.5) is 5.13 Å². The standard InChI is InChI=1S/C15H27N3S/c1-11(2)18(10-12-6-7-12)14-16-8-13(19-14)9-17-15(3,4)5/h8,11-12,17H,6-7,9-10H2,1-5H3. The highest BCUT2D eigenvalue weighted by molar-refractivity contribution is 7.15. The summed E-state index contributed by atoms with van der Waals surface area (Å²) in [5, 5.41) is 4.71. The van der Waals surface area contributed by atoms with E-state index >= 15 is 0 Å². The van der Waals surface area contributed by atoms with Gasteiger partial charge in [-0.2, -0.15) is 0 Å². The molecule has 1 N–H and O–H groups in total. The van der Waals surface area contributed by atoms with Gasteiger partial charge in [-0.05, 0) is 53.4 Å². The van der Waals surface area contributed by atoms with Crippen LogP contribution in [0.2, 0.25) is 0 Å². The Bertz CT molecular complexity index is 402. The molecule has 19 heavy (non-hydrogen) atoms. The molecule has 0 unspecified atom stereocenters. The van der Waals surface area contributed by atoms with Crippen molar-refractivity contribution in [3.05, 3.63) is 11.1 Å². The predicted octanol–water partition coefficient (Wildman–Crippen LogP) is 3.66. The van der Waals surface area contributed by atoms with E-state index in [4.69, 9.17) is 0 Å². The largest absolute Gasteiger partial charge is 0.345 e. The zero-order chi connectivity index (χ0) is 14.0. The average Bonchev–Trinajstić information content (AvgIpc) is 2.99. The average molecular weight is 281 g/mol. The summed E-state index contributed by atoms with van der Waals surface area (Å²) in [5.41, 5.74) is 0.163. The van der Waals surface area contributed by atoms with Gasteiger partial charge in [0.2, 0.25) is 0 Å². The molecule has 108 valence electrons. The molecule has 1 aromatic heterocycles. The first kappa shape index (κ1) is 14.8. The van der Waals surface area contributed by atoms with E-state index in [2.05, 4.69) is 49.8 Å². The van der Waals surface area contributed by atoms with E-state index < -0.39 is 0 Å². The fourth-order valence-corrected chi connectivity index (χ4v) is 2.94. The molecular weight excluding hydrogens is 254 g/mol. The van der Waals surface area contributed by atoms with E-state index in [0.29, 0.717) is 6.04 Å². The Morgan fingerprint density at radius 1 is 1.42 bits per heavy atom. The zero-order valence-electron chi connectivity index (χ0n) is 12.9. The van der Waals surface area contributed by atoms with Crippen molar-refractivity contribution in [1.82, 2.24) is 10.3 Å². The predicted molar refractivity (Wildman–Crippen MR) is 83.9 cm³/mol. The van der Waals surface area contributed by atoms with Gasteiger partial charge in [-0.3, -0.25) is 0 Å². The summed E-state index contributed by atoms with van der Waals surface area (Å²) in [6.07, 6.45) is 4.82. The minimum Gasteiger partial charge on any atom is -0.345 e. The lowest BCUT2D eigenvalue weighted by Gasteiger charge is -2.26. The number of anilines is 1. The molecule has 0 aliphatic heterocycles. The summed E-state index contributed by atoms with van der Waals surface area (Å²) in [6, 6.07) is 0.537. The van der Waals surface area contributed by atoms with Gasteiger partial charge in [-0.25, -0.2) is 4.98 Å². The van der Waals surface area contributed by atoms with Crippen LogP contribution in [0.1, 0.15) is 52.3 Å². The Kier molecular flexibility index (Phi) is 4.51. The van der Waals surface area contributed by atoms with Crippen molar-refractivity contribution in [3.63, 3.8) is 0 Å². The van der Waals surface area contributed by atoms with Crippen molar-refractivity contribution in [2.45, 2.75) is 65.6 Å². The monoisotopic (exact) mass is 281 g/mol. The van der Waals surface area contributed by atoms with Crippen LogP contribution >= 0.6 is 11.3 Å². The lowest BCUT2D eigenvalue weighted by Crippen LogP contribution is -2.34. The summed E-state index contributed by atoms with van der Waals surface area (Å²) in [7, 11) is 0. The molecule has 1 aromatic rings. The second-order valence-corrected chi connectivity index (χ2v) is 8.00. The van der Waals surface area contributed by atoms with E-state index in [1.165, 1.54) is 29.4 Å². The molecule has 1 aliphatic rings. The van der Waals surface area contributed by atoms with E-state index in [9.17, 15) is 0 Å². The molecule has 2 rings (SSSR count). The number of nitrogens with one attached hydrogen (secondary N) is 1. The van der Waals surface area contributed by atoms with Crippen molar-refractivity contribution in [1.29, 1.82) is 0 Å². The molecule has 3 nitrogen and oxygen atoms in total. The zero-order valence-corrected chi connectivity index (χ0v) is 13.7. The van der Waals surface area contributed by atoms with Gasteiger partial charge >= 0.3 is 0 Å². The topological polar surface area (TPSA) is 28.2 Å². The normalized spacial score (nSPS) is 16.1. The van der Waals surface area contributed by atoms with Gasteiger partial charge in [-0.15, -0.1) is 11.3 Å². The number of hydrogen-bond donors (Lipinski definition) is 1. The van der Waals surface area contributed by atoms with Crippen LogP contribution < -0.4 is 10.2 Å². The molecule has 0 radical (unpaired) electrons. The van der Waals surface area contributed by atoms with Crippen LogP contribution in [0, 0.1) is 5.92 Å². The molecule has 0 saturated heterocycles. The number of thiazole rings is 1. The van der Waals surface area contributed by atoms with Crippen LogP contribution in [0.5, 0.6) is 0 Å². The van der Waals surface area contributed by atoms with Gasteiger partial charge in [0.1, 0.15) is 0 Å². The van der Waals surface area contributed by atoms with Gasteiger partial charge < -0.3 is 10.2 Å². The van der Waals surface area contributed by atoms with Gasteiger partial charge in [-0.1, -0.05) is 0 Å². The maximum Gasteiger partial charge on any atom is 0.185 e. The van der Waals surface area contributed by atoms with Crippen LogP contribution in [0.25, 0.3) is 0 Å². The van der Waals surface area contributed by atoms with Crippen LogP contribution in [0.15, 0.2) is 6.20 Å². The number of aromatic nitrogens is 1. The smallest absolute Gasteiger partial charge is 0.185 e. The van der Waals surface area contributed by atoms with Crippen LogP contribution in [-0.4, -0.2) is 23.1 Å². The number of rotatable bonds is 6. The Hall–Kier alpha value is -0.610. The quantitative estimate of drug-likeness (QED) is 0.862. The summed E-state index contributed by atoms with van der Waals surface area (Å²) in [5.74, 6) is 0.905. The van der Waals surface area contributed by atoms with E-state index in [1.807, 2.05) is 17.5 Å². The summed E-state index contributed by atoms with van der Waals surface area (Å²) >= 11 is 1.83. The minimum atomic E-state index is 0.163. The second kappa shape index (κ2) is 5.80. The Labute approximate surface area is 121 Å². The Morgan fingerprint density at radius 2 is 2.11 bits per heavy atom. The third-order valence-corrected chi connectivity index (χ3v) is 4.39. The van der Waals surface area contributed by atoms with Gasteiger partial charge in [0.05, 0.1) is 0 Å². The molecule has 1 saturated carbocycles. The summed E-state index contributed by atoms with van der Waals surface area (Å²) < 4.78 is 0. The lowest BCUT2D eigenvalue weighted by atomic mass is 10.1. The van der Waals surface area contributed by atoms with Crippen molar-refractivity contribution in [2.24, 2.45) is 5.92 Å². The van der Waals surface area contributed by atoms with E-state index in [-0.39, 0.29) is 5.54 Å². The first-order chi connectivity index (χ1) is 8.85. The maximum atomic E-state index is 4.62. The minimum absolute atomic E-state index is 0.163. The SMILES string of the molecule is CC(C)N(CC1CC1)c1ncc(CNC(C)(C)C)s1. The molecule has 0 atom stereocenters. The summed E-state index contributed by atoms with van der Waals surface area (Å²) in [4.78, 5) is 8.41. The van der Waals surface area contributed by atoms with Crippen molar-refractivity contribution in [2.75, 3.05) is 11.4 Å². The van der Waals surface area contributed by atoms with Crippen LogP contribution in [0.3, 0.4) is 0 Å². The van der Waals surface area contributed by atoms with Crippen molar-refractivity contribution >= 4 is 16.5 Å². The highest BCUT2D eigenvalue weighted by Crippen LogP contribution is 2.33. The molecule has 0 amide bonds. The van der Waals surface area contributed by atoms with E-state index in [1.54, 1.807) is 0 Å². The second-order valence-electron chi connectivity index (χ2n) is 6.90. The number of nitrogens with zero attached hydrogens (tertiary/aromatic N) is 2. The Balaban J connectivity index is 1.97. The molecule has 0 aromatic carbocycles. The van der Waals surface area contributed by atoms with Crippen LogP contribution in [-0.2, 0) is 6.54 Å². The third kappa shape index (κ3) is 4.77. The number of hydrogen-bond acceptors (Lipinski definition) is 4. The first-order valence-corrected chi connectivity index (χ1v) is 8.13. The van der Waals surface area contributed by atoms with E-state index in [0.717, 1.165) is 12.5 Å². The fourth-order valence-electron chi connectivity index (χ4n) is 1.95. The molecule has 1 heterocycles. The molecule has 4 heteroatoms. The van der Waals surface area contributed by atoms with Crippen molar-refractivity contribution < 1.29 is 0 Å². The summed E-state index contributed by atoms with van der Waals surface area (Å²) in [6.45, 7) is 13.2. The molecular formula is C15H27N3S. The third-order valence-electron chi connectivity index (χ3n) is 3.36. The highest BCUT2D eigenvalue weighted by Gasteiger charge is 2.27. The first-order valence-electron chi connectivity index (χ1n) is 7.31. The van der Waals surface area contributed by atoms with Gasteiger partial charge in [0.25, 0.3) is 0 Å². The Morgan fingerprint density at radius 3 is 2.63 bits per heavy atom. The van der Waals surface area contributed by atoms with Gasteiger partial charge in [0, 0.05) is 35.7 Å². The highest BCUT2D eigenvalue weighted by atomic mass is 32.1.